The first kappa shape index (κ1) is 16.8. The molecule has 2 aromatic carbocycles. The fourth-order valence-electron chi connectivity index (χ4n) is 1.90. The largest absolute Gasteiger partial charge is 0.452 e. The molecule has 0 bridgehead atoms. The van der Waals surface area contributed by atoms with Gasteiger partial charge in [-0.15, -0.1) is 0 Å². The van der Waals surface area contributed by atoms with E-state index in [4.69, 9.17) is 22.1 Å². The summed E-state index contributed by atoms with van der Waals surface area (Å²) in [4.78, 5) is 23.7. The maximum atomic E-state index is 11.9. The van der Waals surface area contributed by atoms with Crippen molar-refractivity contribution < 1.29 is 14.3 Å². The predicted molar refractivity (Wildman–Crippen MR) is 90.7 cm³/mol. The summed E-state index contributed by atoms with van der Waals surface area (Å²) in [7, 11) is 0. The molecule has 0 atom stereocenters. The van der Waals surface area contributed by atoms with E-state index in [-0.39, 0.29) is 17.9 Å². The van der Waals surface area contributed by atoms with Crippen molar-refractivity contribution in [2.75, 3.05) is 17.7 Å². The van der Waals surface area contributed by atoms with Crippen molar-refractivity contribution in [2.45, 2.75) is 13.8 Å². The lowest BCUT2D eigenvalue weighted by molar-refractivity contribution is -0.119. The second-order valence-electron chi connectivity index (χ2n) is 5.16. The molecule has 0 saturated heterocycles. The number of carbonyl (C=O) groups excluding carboxylic acids is 2. The molecule has 0 aliphatic carbocycles. The maximum absolute atomic E-state index is 11.9. The molecule has 1 amide bonds. The predicted octanol–water partition coefficient (Wildman–Crippen LogP) is 3.33. The second-order valence-corrected chi connectivity index (χ2v) is 5.57. The zero-order valence-corrected chi connectivity index (χ0v) is 13.6. The quantitative estimate of drug-likeness (QED) is 0.664. The van der Waals surface area contributed by atoms with E-state index in [1.54, 1.807) is 6.07 Å². The highest BCUT2D eigenvalue weighted by atomic mass is 35.5. The molecule has 0 aliphatic heterocycles. The zero-order chi connectivity index (χ0) is 17.0. The molecule has 5 nitrogen and oxygen atoms in total. The van der Waals surface area contributed by atoms with Gasteiger partial charge in [0.1, 0.15) is 0 Å². The summed E-state index contributed by atoms with van der Waals surface area (Å²) in [5, 5.41) is 3.03. The van der Waals surface area contributed by atoms with Crippen molar-refractivity contribution in [3.63, 3.8) is 0 Å². The number of hydrogen-bond acceptors (Lipinski definition) is 4. The Balaban J connectivity index is 1.91. The lowest BCUT2D eigenvalue weighted by atomic mass is 10.1. The van der Waals surface area contributed by atoms with E-state index in [0.29, 0.717) is 10.7 Å². The number of aryl methyl sites for hydroxylation is 2. The van der Waals surface area contributed by atoms with Gasteiger partial charge in [-0.3, -0.25) is 4.79 Å². The van der Waals surface area contributed by atoms with Gasteiger partial charge in [0.25, 0.3) is 5.91 Å². The van der Waals surface area contributed by atoms with E-state index in [9.17, 15) is 9.59 Å². The SMILES string of the molecule is Cc1ccc(NC(=O)COC(=O)c2ccc(Cl)c(N)c2)cc1C. The monoisotopic (exact) mass is 332 g/mol. The molecular weight excluding hydrogens is 316 g/mol. The first-order valence-corrected chi connectivity index (χ1v) is 7.34. The molecule has 3 N–H and O–H groups in total. The van der Waals surface area contributed by atoms with Crippen LogP contribution in [0.3, 0.4) is 0 Å². The number of rotatable bonds is 4. The highest BCUT2D eigenvalue weighted by Gasteiger charge is 2.12. The summed E-state index contributed by atoms with van der Waals surface area (Å²) < 4.78 is 4.96. The summed E-state index contributed by atoms with van der Waals surface area (Å²) in [6, 6.07) is 9.96. The molecule has 2 rings (SSSR count). The minimum absolute atomic E-state index is 0.242. The number of nitrogens with one attached hydrogen (secondary N) is 1. The van der Waals surface area contributed by atoms with Crippen LogP contribution in [-0.4, -0.2) is 18.5 Å². The summed E-state index contributed by atoms with van der Waals surface area (Å²) >= 11 is 5.79. The normalized spacial score (nSPS) is 10.2. The minimum atomic E-state index is -0.636. The number of halogens is 1. The van der Waals surface area contributed by atoms with Gasteiger partial charge in [0.05, 0.1) is 16.3 Å². The summed E-state index contributed by atoms with van der Waals surface area (Å²) in [5.74, 6) is -1.05. The van der Waals surface area contributed by atoms with Crippen LogP contribution in [0, 0.1) is 13.8 Å². The molecule has 0 heterocycles. The van der Waals surface area contributed by atoms with Crippen molar-refractivity contribution in [1.82, 2.24) is 0 Å². The van der Waals surface area contributed by atoms with E-state index in [1.165, 1.54) is 18.2 Å². The highest BCUT2D eigenvalue weighted by Crippen LogP contribution is 2.20. The van der Waals surface area contributed by atoms with Gasteiger partial charge in [0, 0.05) is 5.69 Å². The van der Waals surface area contributed by atoms with Crippen LogP contribution in [-0.2, 0) is 9.53 Å². The molecule has 23 heavy (non-hydrogen) atoms. The Morgan fingerprint density at radius 1 is 1.13 bits per heavy atom. The van der Waals surface area contributed by atoms with Crippen molar-refractivity contribution in [3.05, 3.63) is 58.1 Å². The Hall–Kier alpha value is -2.53. The third-order valence-electron chi connectivity index (χ3n) is 3.36. The summed E-state index contributed by atoms with van der Waals surface area (Å²) in [6.45, 7) is 3.56. The van der Waals surface area contributed by atoms with Crippen molar-refractivity contribution in [3.8, 4) is 0 Å². The topological polar surface area (TPSA) is 81.4 Å². The Morgan fingerprint density at radius 3 is 2.52 bits per heavy atom. The molecule has 0 aliphatic rings. The number of carbonyl (C=O) groups is 2. The van der Waals surface area contributed by atoms with E-state index in [2.05, 4.69) is 5.32 Å². The average Bonchev–Trinajstić information content (AvgIpc) is 2.51. The maximum Gasteiger partial charge on any atom is 0.338 e. The number of nitrogen functional groups attached to an aromatic ring is 1. The standard InChI is InChI=1S/C17H17ClN2O3/c1-10-3-5-13(7-11(10)2)20-16(21)9-23-17(22)12-4-6-14(18)15(19)8-12/h3-8H,9,19H2,1-2H3,(H,20,21). The summed E-state index contributed by atoms with van der Waals surface area (Å²) in [6.07, 6.45) is 0. The van der Waals surface area contributed by atoms with E-state index in [0.717, 1.165) is 11.1 Å². The van der Waals surface area contributed by atoms with Crippen molar-refractivity contribution in [1.29, 1.82) is 0 Å². The number of hydrogen-bond donors (Lipinski definition) is 2. The first-order chi connectivity index (χ1) is 10.9. The number of ether oxygens (including phenoxy) is 1. The number of esters is 1. The summed E-state index contributed by atoms with van der Waals surface area (Å²) in [5.41, 5.74) is 9.00. The molecule has 0 spiro atoms. The Morgan fingerprint density at radius 2 is 1.87 bits per heavy atom. The van der Waals surface area contributed by atoms with Gasteiger partial charge in [-0.05, 0) is 55.3 Å². The number of anilines is 2. The van der Waals surface area contributed by atoms with Crippen LogP contribution in [0.5, 0.6) is 0 Å². The van der Waals surface area contributed by atoms with Crippen LogP contribution < -0.4 is 11.1 Å². The lowest BCUT2D eigenvalue weighted by Gasteiger charge is -2.09. The van der Waals surface area contributed by atoms with Crippen LogP contribution in [0.4, 0.5) is 11.4 Å². The van der Waals surface area contributed by atoms with E-state index >= 15 is 0 Å². The van der Waals surface area contributed by atoms with E-state index in [1.807, 2.05) is 26.0 Å². The Kier molecular flexibility index (Phi) is 5.24. The highest BCUT2D eigenvalue weighted by molar-refractivity contribution is 6.33. The number of nitrogens with two attached hydrogens (primary N) is 1. The van der Waals surface area contributed by atoms with Gasteiger partial charge in [0.15, 0.2) is 6.61 Å². The zero-order valence-electron chi connectivity index (χ0n) is 12.9. The molecule has 120 valence electrons. The van der Waals surface area contributed by atoms with Crippen molar-refractivity contribution in [2.24, 2.45) is 0 Å². The fourth-order valence-corrected chi connectivity index (χ4v) is 2.02. The second kappa shape index (κ2) is 7.15. The smallest absolute Gasteiger partial charge is 0.338 e. The molecule has 0 radical (unpaired) electrons. The van der Waals surface area contributed by atoms with Gasteiger partial charge in [-0.1, -0.05) is 17.7 Å². The molecule has 2 aromatic rings. The van der Waals surface area contributed by atoms with Crippen LogP contribution in [0.1, 0.15) is 21.5 Å². The van der Waals surface area contributed by atoms with Gasteiger partial charge >= 0.3 is 5.97 Å². The van der Waals surface area contributed by atoms with E-state index < -0.39 is 11.9 Å². The van der Waals surface area contributed by atoms with Gasteiger partial charge in [0.2, 0.25) is 0 Å². The lowest BCUT2D eigenvalue weighted by Crippen LogP contribution is -2.21. The Labute approximate surface area is 139 Å². The molecule has 6 heteroatoms. The van der Waals surface area contributed by atoms with Crippen LogP contribution in [0.25, 0.3) is 0 Å². The molecule has 0 unspecified atom stereocenters. The third-order valence-corrected chi connectivity index (χ3v) is 3.70. The molecule has 0 fully saturated rings. The number of benzene rings is 2. The first-order valence-electron chi connectivity index (χ1n) is 6.96. The average molecular weight is 333 g/mol. The Bertz CT molecular complexity index is 759. The van der Waals surface area contributed by atoms with Crippen LogP contribution in [0.15, 0.2) is 36.4 Å². The fraction of sp³-hybridized carbons (Fsp3) is 0.176. The van der Waals surface area contributed by atoms with Gasteiger partial charge in [-0.2, -0.15) is 0 Å². The molecule has 0 saturated carbocycles. The van der Waals surface area contributed by atoms with Gasteiger partial charge < -0.3 is 15.8 Å². The van der Waals surface area contributed by atoms with Crippen LogP contribution in [0.2, 0.25) is 5.02 Å². The van der Waals surface area contributed by atoms with Crippen LogP contribution >= 0.6 is 11.6 Å². The van der Waals surface area contributed by atoms with Gasteiger partial charge in [-0.25, -0.2) is 4.79 Å². The molecule has 0 aromatic heterocycles. The van der Waals surface area contributed by atoms with Crippen molar-refractivity contribution >= 4 is 34.9 Å². The molecular formula is C17H17ClN2O3. The number of amides is 1. The minimum Gasteiger partial charge on any atom is -0.452 e. The third kappa shape index (κ3) is 4.47.